The van der Waals surface area contributed by atoms with Gasteiger partial charge >= 0.3 is 0 Å². The summed E-state index contributed by atoms with van der Waals surface area (Å²) < 4.78 is 24.6. The molecule has 1 aliphatic carbocycles. The van der Waals surface area contributed by atoms with E-state index in [4.69, 9.17) is 0 Å². The van der Waals surface area contributed by atoms with Crippen LogP contribution in [0, 0.1) is 5.92 Å². The highest BCUT2D eigenvalue weighted by molar-refractivity contribution is 7.92. The van der Waals surface area contributed by atoms with E-state index in [-0.39, 0.29) is 23.2 Å². The highest BCUT2D eigenvalue weighted by atomic mass is 32.2. The standard InChI is InChI=1S/C16H22O3S/c1-13-6-5-9-16(10-13)20(18,19)12-15(17)11-14-7-3-2-4-8-14/h2-4,7-8,13,16H,5-6,9-12H2,1H3. The molecule has 3 nitrogen and oxygen atoms in total. The largest absolute Gasteiger partial charge is 0.298 e. The lowest BCUT2D eigenvalue weighted by molar-refractivity contribution is -0.116. The van der Waals surface area contributed by atoms with E-state index in [9.17, 15) is 13.2 Å². The molecule has 4 heteroatoms. The van der Waals surface area contributed by atoms with Gasteiger partial charge in [0.25, 0.3) is 0 Å². The minimum absolute atomic E-state index is 0.200. The fourth-order valence-corrected chi connectivity index (χ4v) is 4.86. The van der Waals surface area contributed by atoms with E-state index in [1.165, 1.54) is 0 Å². The van der Waals surface area contributed by atoms with Crippen LogP contribution >= 0.6 is 0 Å². The van der Waals surface area contributed by atoms with Crippen LogP contribution in [0.4, 0.5) is 0 Å². The van der Waals surface area contributed by atoms with Crippen molar-refractivity contribution in [2.45, 2.75) is 44.3 Å². The van der Waals surface area contributed by atoms with Crippen molar-refractivity contribution in [2.24, 2.45) is 5.92 Å². The van der Waals surface area contributed by atoms with Gasteiger partial charge in [0.15, 0.2) is 15.6 Å². The molecule has 0 N–H and O–H groups in total. The topological polar surface area (TPSA) is 51.2 Å². The maximum Gasteiger partial charge on any atom is 0.160 e. The molecule has 20 heavy (non-hydrogen) atoms. The average Bonchev–Trinajstić information content (AvgIpc) is 2.39. The van der Waals surface area contributed by atoms with Crippen LogP contribution in [0.15, 0.2) is 30.3 Å². The van der Waals surface area contributed by atoms with E-state index in [2.05, 4.69) is 6.92 Å². The first-order chi connectivity index (χ1) is 9.47. The summed E-state index contributed by atoms with van der Waals surface area (Å²) in [6.07, 6.45) is 3.69. The zero-order chi connectivity index (χ0) is 14.6. The predicted octanol–water partition coefficient (Wildman–Crippen LogP) is 2.79. The molecule has 2 rings (SSSR count). The lowest BCUT2D eigenvalue weighted by atomic mass is 9.91. The molecule has 1 fully saturated rings. The first-order valence-electron chi connectivity index (χ1n) is 7.24. The molecule has 0 amide bonds. The summed E-state index contributed by atoms with van der Waals surface area (Å²) >= 11 is 0. The van der Waals surface area contributed by atoms with Crippen LogP contribution in [0.5, 0.6) is 0 Å². The number of ketones is 1. The molecule has 1 aliphatic rings. The fourth-order valence-electron chi connectivity index (χ4n) is 2.92. The molecule has 0 aliphatic heterocycles. The third-order valence-corrected chi connectivity index (χ3v) is 6.17. The summed E-state index contributed by atoms with van der Waals surface area (Å²) in [4.78, 5) is 12.0. The lowest BCUT2D eigenvalue weighted by Gasteiger charge is -2.26. The van der Waals surface area contributed by atoms with Gasteiger partial charge in [-0.05, 0) is 24.3 Å². The maximum absolute atomic E-state index is 12.3. The van der Waals surface area contributed by atoms with E-state index in [0.717, 1.165) is 18.4 Å². The molecular weight excluding hydrogens is 272 g/mol. The smallest absolute Gasteiger partial charge is 0.160 e. The molecule has 0 radical (unpaired) electrons. The van der Waals surface area contributed by atoms with Crippen LogP contribution < -0.4 is 0 Å². The Hall–Kier alpha value is -1.16. The summed E-state index contributed by atoms with van der Waals surface area (Å²) in [6.45, 7) is 2.09. The predicted molar refractivity (Wildman–Crippen MR) is 80.4 cm³/mol. The Balaban J connectivity index is 1.96. The van der Waals surface area contributed by atoms with Crippen molar-refractivity contribution in [3.05, 3.63) is 35.9 Å². The number of rotatable bonds is 5. The molecule has 0 heterocycles. The van der Waals surface area contributed by atoms with Gasteiger partial charge in [-0.3, -0.25) is 4.79 Å². The number of benzene rings is 1. The highest BCUT2D eigenvalue weighted by Gasteiger charge is 2.31. The van der Waals surface area contributed by atoms with Gasteiger partial charge in [0.2, 0.25) is 0 Å². The summed E-state index contributed by atoms with van der Waals surface area (Å²) in [6, 6.07) is 9.31. The van der Waals surface area contributed by atoms with Gasteiger partial charge in [-0.1, -0.05) is 50.1 Å². The Morgan fingerprint density at radius 1 is 1.20 bits per heavy atom. The van der Waals surface area contributed by atoms with E-state index in [1.807, 2.05) is 30.3 Å². The van der Waals surface area contributed by atoms with Crippen molar-refractivity contribution in [3.8, 4) is 0 Å². The molecule has 1 aromatic rings. The summed E-state index contributed by atoms with van der Waals surface area (Å²) in [5.41, 5.74) is 0.879. The second-order valence-electron chi connectivity index (χ2n) is 5.90. The van der Waals surface area contributed by atoms with Gasteiger partial charge in [0.1, 0.15) is 5.75 Å². The summed E-state index contributed by atoms with van der Waals surface area (Å²) in [7, 11) is -3.29. The van der Waals surface area contributed by atoms with Gasteiger partial charge in [-0.2, -0.15) is 0 Å². The summed E-state index contributed by atoms with van der Waals surface area (Å²) in [5, 5.41) is -0.314. The van der Waals surface area contributed by atoms with E-state index in [1.54, 1.807) is 0 Å². The minimum Gasteiger partial charge on any atom is -0.298 e. The molecule has 0 saturated heterocycles. The molecule has 0 aromatic heterocycles. The number of carbonyl (C=O) groups excluding carboxylic acids is 1. The summed E-state index contributed by atoms with van der Waals surface area (Å²) in [5.74, 6) is -0.0543. The molecule has 1 saturated carbocycles. The molecule has 2 unspecified atom stereocenters. The van der Waals surface area contributed by atoms with Gasteiger partial charge in [0, 0.05) is 6.42 Å². The average molecular weight is 294 g/mol. The van der Waals surface area contributed by atoms with Crippen LogP contribution in [-0.4, -0.2) is 25.2 Å². The monoisotopic (exact) mass is 294 g/mol. The Labute approximate surface area is 121 Å². The molecule has 2 atom stereocenters. The van der Waals surface area contributed by atoms with Crippen LogP contribution in [0.25, 0.3) is 0 Å². The maximum atomic E-state index is 12.3. The van der Waals surface area contributed by atoms with Crippen LogP contribution in [0.2, 0.25) is 0 Å². The number of Topliss-reactive ketones (excluding diaryl/α,β-unsaturated/α-hetero) is 1. The normalized spacial score (nSPS) is 23.4. The fraction of sp³-hybridized carbons (Fsp3) is 0.562. The van der Waals surface area contributed by atoms with Gasteiger partial charge in [-0.15, -0.1) is 0 Å². The zero-order valence-corrected chi connectivity index (χ0v) is 12.7. The highest BCUT2D eigenvalue weighted by Crippen LogP contribution is 2.28. The van der Waals surface area contributed by atoms with E-state index in [0.29, 0.717) is 18.8 Å². The SMILES string of the molecule is CC1CCCC(S(=O)(=O)CC(=O)Cc2ccccc2)C1. The molecular formula is C16H22O3S. The minimum atomic E-state index is -3.29. The van der Waals surface area contributed by atoms with Crippen molar-refractivity contribution < 1.29 is 13.2 Å². The van der Waals surface area contributed by atoms with Crippen LogP contribution in [0.1, 0.15) is 38.2 Å². The second-order valence-corrected chi connectivity index (χ2v) is 8.18. The first kappa shape index (κ1) is 15.2. The molecule has 0 spiro atoms. The van der Waals surface area contributed by atoms with Gasteiger partial charge < -0.3 is 0 Å². The molecule has 0 bridgehead atoms. The number of hydrogen-bond acceptors (Lipinski definition) is 3. The van der Waals surface area contributed by atoms with E-state index >= 15 is 0 Å². The van der Waals surface area contributed by atoms with Crippen molar-refractivity contribution in [1.82, 2.24) is 0 Å². The Morgan fingerprint density at radius 2 is 1.90 bits per heavy atom. The third kappa shape index (κ3) is 4.17. The Kier molecular flexibility index (Phi) is 4.97. The van der Waals surface area contributed by atoms with Crippen LogP contribution in [0.3, 0.4) is 0 Å². The van der Waals surface area contributed by atoms with Gasteiger partial charge in [-0.25, -0.2) is 8.42 Å². The quantitative estimate of drug-likeness (QED) is 0.839. The number of hydrogen-bond donors (Lipinski definition) is 0. The van der Waals surface area contributed by atoms with Crippen molar-refractivity contribution in [1.29, 1.82) is 0 Å². The van der Waals surface area contributed by atoms with Gasteiger partial charge in [0.05, 0.1) is 5.25 Å². The Morgan fingerprint density at radius 3 is 2.55 bits per heavy atom. The van der Waals surface area contributed by atoms with Crippen LogP contribution in [-0.2, 0) is 21.1 Å². The Bertz CT molecular complexity index is 548. The first-order valence-corrected chi connectivity index (χ1v) is 8.96. The molecule has 1 aromatic carbocycles. The van der Waals surface area contributed by atoms with Crippen molar-refractivity contribution >= 4 is 15.6 Å². The number of carbonyl (C=O) groups is 1. The van der Waals surface area contributed by atoms with Crippen molar-refractivity contribution in [3.63, 3.8) is 0 Å². The molecule has 110 valence electrons. The van der Waals surface area contributed by atoms with E-state index < -0.39 is 9.84 Å². The zero-order valence-electron chi connectivity index (χ0n) is 11.9. The lowest BCUT2D eigenvalue weighted by Crippen LogP contribution is -2.32. The van der Waals surface area contributed by atoms with Crippen molar-refractivity contribution in [2.75, 3.05) is 5.75 Å². The third-order valence-electron chi connectivity index (χ3n) is 4.00. The second kappa shape index (κ2) is 6.53. The number of sulfone groups is 1.